The van der Waals surface area contributed by atoms with Crippen LogP contribution in [0.5, 0.6) is 5.75 Å². The van der Waals surface area contributed by atoms with Gasteiger partial charge < -0.3 is 10.1 Å². The number of rotatable bonds is 4. The Bertz CT molecular complexity index is 1240. The lowest BCUT2D eigenvalue weighted by Crippen LogP contribution is -2.17. The van der Waals surface area contributed by atoms with E-state index in [4.69, 9.17) is 4.74 Å². The third-order valence-corrected chi connectivity index (χ3v) is 5.32. The average molecular weight is 383 g/mol. The standard InChI is InChI=1S/C18H17N5O3S/c1-9-12(10(2)23-15(19-9)8-17(25)22-23)7-16(24)21-18-20-13-5-4-11(26-3)6-14(13)27-18/h4-6,8H,7H2,1-3H3,(H,22,25)(H,20,21,24). The normalized spacial score (nSPS) is 11.2. The van der Waals surface area contributed by atoms with E-state index in [0.717, 1.165) is 32.9 Å². The number of nitrogens with zero attached hydrogens (tertiary/aromatic N) is 3. The number of nitrogens with one attached hydrogen (secondary N) is 2. The minimum absolute atomic E-state index is 0.139. The fraction of sp³-hybridized carbons (Fsp3) is 0.222. The Labute approximate surface area is 157 Å². The van der Waals surface area contributed by atoms with Crippen molar-refractivity contribution in [1.29, 1.82) is 0 Å². The van der Waals surface area contributed by atoms with Gasteiger partial charge in [-0.2, -0.15) is 0 Å². The Kier molecular flexibility index (Phi) is 4.15. The number of ether oxygens (including phenoxy) is 1. The van der Waals surface area contributed by atoms with Gasteiger partial charge in [0.1, 0.15) is 5.75 Å². The van der Waals surface area contributed by atoms with Crippen molar-refractivity contribution in [3.8, 4) is 5.75 Å². The largest absolute Gasteiger partial charge is 0.497 e. The van der Waals surface area contributed by atoms with E-state index in [2.05, 4.69) is 20.4 Å². The maximum atomic E-state index is 12.5. The van der Waals surface area contributed by atoms with Gasteiger partial charge in [0.2, 0.25) is 5.91 Å². The highest BCUT2D eigenvalue weighted by Gasteiger charge is 2.15. The van der Waals surface area contributed by atoms with Crippen molar-refractivity contribution in [2.75, 3.05) is 12.4 Å². The number of aromatic nitrogens is 4. The molecule has 3 aromatic heterocycles. The molecule has 1 aromatic carbocycles. The summed E-state index contributed by atoms with van der Waals surface area (Å²) in [6, 6.07) is 7.00. The molecule has 0 aliphatic carbocycles. The highest BCUT2D eigenvalue weighted by Crippen LogP contribution is 2.29. The molecule has 8 nitrogen and oxygen atoms in total. The summed E-state index contributed by atoms with van der Waals surface area (Å²) in [6.07, 6.45) is 0.139. The minimum atomic E-state index is -0.225. The molecule has 4 rings (SSSR count). The number of hydrogen-bond donors (Lipinski definition) is 2. The summed E-state index contributed by atoms with van der Waals surface area (Å²) >= 11 is 1.39. The number of amides is 1. The van der Waals surface area contributed by atoms with Crippen molar-refractivity contribution in [3.63, 3.8) is 0 Å². The van der Waals surface area contributed by atoms with Crippen LogP contribution in [-0.4, -0.2) is 32.6 Å². The number of carbonyl (C=O) groups is 1. The third kappa shape index (κ3) is 3.17. The number of carbonyl (C=O) groups excluding carboxylic acids is 1. The van der Waals surface area contributed by atoms with Gasteiger partial charge in [-0.05, 0) is 32.0 Å². The number of aryl methyl sites for hydroxylation is 2. The van der Waals surface area contributed by atoms with E-state index < -0.39 is 0 Å². The second-order valence-electron chi connectivity index (χ2n) is 6.15. The summed E-state index contributed by atoms with van der Waals surface area (Å²) in [5, 5.41) is 6.06. The molecule has 2 N–H and O–H groups in total. The number of thiazole rings is 1. The second kappa shape index (κ2) is 6.51. The molecule has 0 fully saturated rings. The topological polar surface area (TPSA) is 101 Å². The molecule has 3 heterocycles. The maximum Gasteiger partial charge on any atom is 0.266 e. The predicted molar refractivity (Wildman–Crippen MR) is 104 cm³/mol. The molecule has 138 valence electrons. The average Bonchev–Trinajstić information content (AvgIpc) is 3.19. The molecule has 0 aliphatic heterocycles. The van der Waals surface area contributed by atoms with Gasteiger partial charge in [-0.25, -0.2) is 14.5 Å². The van der Waals surface area contributed by atoms with Crippen LogP contribution in [0.1, 0.15) is 17.0 Å². The smallest absolute Gasteiger partial charge is 0.266 e. The van der Waals surface area contributed by atoms with E-state index in [1.807, 2.05) is 32.0 Å². The van der Waals surface area contributed by atoms with Gasteiger partial charge in [-0.3, -0.25) is 14.7 Å². The quantitative estimate of drug-likeness (QED) is 0.564. The summed E-state index contributed by atoms with van der Waals surface area (Å²) in [5.74, 6) is 0.554. The van der Waals surface area contributed by atoms with Gasteiger partial charge in [0.05, 0.1) is 23.7 Å². The summed E-state index contributed by atoms with van der Waals surface area (Å²) in [7, 11) is 1.61. The molecule has 1 amide bonds. The summed E-state index contributed by atoms with van der Waals surface area (Å²) in [4.78, 5) is 32.9. The Morgan fingerprint density at radius 2 is 2.11 bits per heavy atom. The van der Waals surface area contributed by atoms with Gasteiger partial charge in [0.15, 0.2) is 10.8 Å². The molecule has 0 aliphatic rings. The molecule has 0 spiro atoms. The number of H-pyrrole nitrogens is 1. The van der Waals surface area contributed by atoms with Crippen molar-refractivity contribution in [2.45, 2.75) is 20.3 Å². The van der Waals surface area contributed by atoms with Gasteiger partial charge in [0, 0.05) is 23.0 Å². The van der Waals surface area contributed by atoms with E-state index in [9.17, 15) is 9.59 Å². The molecule has 0 atom stereocenters. The summed E-state index contributed by atoms with van der Waals surface area (Å²) in [5.41, 5.74) is 3.39. The van der Waals surface area contributed by atoms with Gasteiger partial charge in [0.25, 0.3) is 5.56 Å². The van der Waals surface area contributed by atoms with E-state index >= 15 is 0 Å². The van der Waals surface area contributed by atoms with Crippen molar-refractivity contribution in [1.82, 2.24) is 19.6 Å². The zero-order chi connectivity index (χ0) is 19.1. The van der Waals surface area contributed by atoms with Gasteiger partial charge in [-0.1, -0.05) is 11.3 Å². The maximum absolute atomic E-state index is 12.5. The molecule has 9 heteroatoms. The zero-order valence-electron chi connectivity index (χ0n) is 15.0. The van der Waals surface area contributed by atoms with Crippen LogP contribution in [0.4, 0.5) is 5.13 Å². The SMILES string of the molecule is COc1ccc2nc(NC(=O)Cc3c(C)nc4cc(=O)[nH]n4c3C)sc2c1. The van der Waals surface area contributed by atoms with Crippen LogP contribution < -0.4 is 15.6 Å². The molecule has 0 bridgehead atoms. The second-order valence-corrected chi connectivity index (χ2v) is 7.18. The zero-order valence-corrected chi connectivity index (χ0v) is 15.8. The molecule has 0 saturated heterocycles. The molecule has 4 aromatic rings. The molecular weight excluding hydrogens is 366 g/mol. The van der Waals surface area contributed by atoms with Crippen molar-refractivity contribution >= 4 is 38.2 Å². The van der Waals surface area contributed by atoms with Gasteiger partial charge in [-0.15, -0.1) is 0 Å². The number of methoxy groups -OCH3 is 1. The lowest BCUT2D eigenvalue weighted by molar-refractivity contribution is -0.115. The number of benzene rings is 1. The number of hydrogen-bond acceptors (Lipinski definition) is 6. The first-order valence-electron chi connectivity index (χ1n) is 8.27. The van der Waals surface area contributed by atoms with E-state index in [0.29, 0.717) is 10.8 Å². The summed E-state index contributed by atoms with van der Waals surface area (Å²) < 4.78 is 7.75. The van der Waals surface area contributed by atoms with Crippen LogP contribution in [0, 0.1) is 13.8 Å². The highest BCUT2D eigenvalue weighted by molar-refractivity contribution is 7.22. The molecule has 27 heavy (non-hydrogen) atoms. The van der Waals surface area contributed by atoms with E-state index in [1.165, 1.54) is 17.4 Å². The minimum Gasteiger partial charge on any atom is -0.497 e. The highest BCUT2D eigenvalue weighted by atomic mass is 32.1. The first-order chi connectivity index (χ1) is 12.9. The lowest BCUT2D eigenvalue weighted by Gasteiger charge is -2.10. The fourth-order valence-electron chi connectivity index (χ4n) is 3.02. The third-order valence-electron chi connectivity index (χ3n) is 4.38. The molecular formula is C18H17N5O3S. The van der Waals surface area contributed by atoms with Gasteiger partial charge >= 0.3 is 0 Å². The Balaban J connectivity index is 1.59. The Morgan fingerprint density at radius 1 is 1.30 bits per heavy atom. The van der Waals surface area contributed by atoms with Crippen LogP contribution in [0.25, 0.3) is 15.9 Å². The van der Waals surface area contributed by atoms with Crippen molar-refractivity contribution in [2.24, 2.45) is 0 Å². The van der Waals surface area contributed by atoms with Crippen LogP contribution in [0.15, 0.2) is 29.1 Å². The monoisotopic (exact) mass is 383 g/mol. The molecule has 0 saturated carbocycles. The molecule has 0 radical (unpaired) electrons. The number of aromatic amines is 1. The summed E-state index contributed by atoms with van der Waals surface area (Å²) in [6.45, 7) is 3.68. The Morgan fingerprint density at radius 3 is 2.89 bits per heavy atom. The lowest BCUT2D eigenvalue weighted by atomic mass is 10.1. The van der Waals surface area contributed by atoms with E-state index in [-0.39, 0.29) is 17.9 Å². The van der Waals surface area contributed by atoms with E-state index in [1.54, 1.807) is 11.6 Å². The number of fused-ring (bicyclic) bond motifs is 2. The van der Waals surface area contributed by atoms with Crippen LogP contribution in [-0.2, 0) is 11.2 Å². The first kappa shape index (κ1) is 17.2. The van der Waals surface area contributed by atoms with Crippen molar-refractivity contribution < 1.29 is 9.53 Å². The van der Waals surface area contributed by atoms with Crippen LogP contribution in [0.2, 0.25) is 0 Å². The van der Waals surface area contributed by atoms with Crippen LogP contribution in [0.3, 0.4) is 0 Å². The van der Waals surface area contributed by atoms with Crippen LogP contribution >= 0.6 is 11.3 Å². The fourth-order valence-corrected chi connectivity index (χ4v) is 3.93. The predicted octanol–water partition coefficient (Wildman–Crippen LogP) is 2.44. The number of anilines is 1. The Hall–Kier alpha value is -3.20. The van der Waals surface area contributed by atoms with Crippen molar-refractivity contribution in [3.05, 3.63) is 51.6 Å². The molecule has 0 unspecified atom stereocenters. The first-order valence-corrected chi connectivity index (χ1v) is 9.08.